The van der Waals surface area contributed by atoms with Gasteiger partial charge >= 0.3 is 6.18 Å². The van der Waals surface area contributed by atoms with Crippen LogP contribution in [0.5, 0.6) is 5.75 Å². The first-order chi connectivity index (χ1) is 8.37. The van der Waals surface area contributed by atoms with E-state index in [1.54, 1.807) is 25.1 Å². The number of aryl methyl sites for hydroxylation is 1. The van der Waals surface area contributed by atoms with Crippen molar-refractivity contribution >= 4 is 22.5 Å². The van der Waals surface area contributed by atoms with Crippen LogP contribution in [-0.4, -0.2) is 17.8 Å². The molecule has 0 aliphatic heterocycles. The molecule has 1 heterocycles. The molecule has 18 heavy (non-hydrogen) atoms. The number of halogens is 4. The molecular formula is C12H9ClF3NO. The summed E-state index contributed by atoms with van der Waals surface area (Å²) in [6, 6.07) is 6.36. The molecule has 0 amide bonds. The lowest BCUT2D eigenvalue weighted by Crippen LogP contribution is -2.19. The van der Waals surface area contributed by atoms with Crippen molar-refractivity contribution in [1.29, 1.82) is 0 Å². The topological polar surface area (TPSA) is 22.1 Å². The van der Waals surface area contributed by atoms with E-state index in [-0.39, 0.29) is 5.75 Å². The molecule has 0 unspecified atom stereocenters. The fourth-order valence-corrected chi connectivity index (χ4v) is 1.89. The van der Waals surface area contributed by atoms with Gasteiger partial charge in [-0.05, 0) is 19.1 Å². The number of hydrogen-bond donors (Lipinski definition) is 0. The van der Waals surface area contributed by atoms with Gasteiger partial charge in [0.2, 0.25) is 0 Å². The third-order valence-electron chi connectivity index (χ3n) is 2.27. The van der Waals surface area contributed by atoms with Crippen LogP contribution in [0.1, 0.15) is 5.69 Å². The van der Waals surface area contributed by atoms with Gasteiger partial charge in [0.05, 0.1) is 5.02 Å². The Labute approximate surface area is 106 Å². The molecule has 0 aliphatic carbocycles. The van der Waals surface area contributed by atoms with Gasteiger partial charge in [0.15, 0.2) is 6.61 Å². The van der Waals surface area contributed by atoms with E-state index in [1.165, 1.54) is 6.07 Å². The van der Waals surface area contributed by atoms with E-state index in [4.69, 9.17) is 16.3 Å². The lowest BCUT2D eigenvalue weighted by molar-refractivity contribution is -0.153. The Morgan fingerprint density at radius 2 is 2.06 bits per heavy atom. The van der Waals surface area contributed by atoms with Crippen molar-refractivity contribution < 1.29 is 17.9 Å². The van der Waals surface area contributed by atoms with Gasteiger partial charge in [-0.3, -0.25) is 0 Å². The Balaban J connectivity index is 2.45. The normalized spacial score (nSPS) is 11.8. The van der Waals surface area contributed by atoms with Gasteiger partial charge in [0.25, 0.3) is 0 Å². The molecule has 2 rings (SSSR count). The molecule has 0 saturated carbocycles. The van der Waals surface area contributed by atoms with Crippen molar-refractivity contribution in [1.82, 2.24) is 4.98 Å². The number of pyridine rings is 1. The molecule has 0 atom stereocenters. The second kappa shape index (κ2) is 4.65. The molecule has 0 radical (unpaired) electrons. The zero-order chi connectivity index (χ0) is 13.3. The number of alkyl halides is 3. The predicted octanol–water partition coefficient (Wildman–Crippen LogP) is 4.14. The van der Waals surface area contributed by atoms with Crippen LogP contribution >= 0.6 is 11.6 Å². The molecule has 1 aromatic heterocycles. The summed E-state index contributed by atoms with van der Waals surface area (Å²) in [5.41, 5.74) is 0.960. The van der Waals surface area contributed by atoms with Gasteiger partial charge in [-0.25, -0.2) is 4.98 Å². The molecule has 1 aromatic carbocycles. The number of para-hydroxylation sites is 1. The zero-order valence-corrected chi connectivity index (χ0v) is 10.1. The summed E-state index contributed by atoms with van der Waals surface area (Å²) < 4.78 is 41.1. The van der Waals surface area contributed by atoms with Crippen LogP contribution in [0.4, 0.5) is 13.2 Å². The van der Waals surface area contributed by atoms with Gasteiger partial charge < -0.3 is 4.74 Å². The summed E-state index contributed by atoms with van der Waals surface area (Å²) in [7, 11) is 0. The first-order valence-electron chi connectivity index (χ1n) is 5.12. The molecule has 6 heteroatoms. The Hall–Kier alpha value is -1.49. The van der Waals surface area contributed by atoms with E-state index in [2.05, 4.69) is 4.98 Å². The smallest absolute Gasteiger partial charge is 0.422 e. The second-order valence-corrected chi connectivity index (χ2v) is 4.21. The van der Waals surface area contributed by atoms with Gasteiger partial charge in [-0.15, -0.1) is 0 Å². The highest BCUT2D eigenvalue weighted by Gasteiger charge is 2.28. The van der Waals surface area contributed by atoms with E-state index in [9.17, 15) is 13.2 Å². The van der Waals surface area contributed by atoms with Gasteiger partial charge in [-0.2, -0.15) is 13.2 Å². The average molecular weight is 276 g/mol. The summed E-state index contributed by atoms with van der Waals surface area (Å²) in [6.07, 6.45) is -4.38. The summed E-state index contributed by atoms with van der Waals surface area (Å²) in [5.74, 6) is 0.0791. The highest BCUT2D eigenvalue weighted by Crippen LogP contribution is 2.30. The third kappa shape index (κ3) is 2.85. The minimum absolute atomic E-state index is 0.0791. The number of ether oxygens (including phenoxy) is 1. The van der Waals surface area contributed by atoms with Crippen LogP contribution in [-0.2, 0) is 0 Å². The van der Waals surface area contributed by atoms with E-state index >= 15 is 0 Å². The van der Waals surface area contributed by atoms with Crippen LogP contribution in [0.2, 0.25) is 5.02 Å². The van der Waals surface area contributed by atoms with Crippen LogP contribution in [0.25, 0.3) is 10.9 Å². The SMILES string of the molecule is Cc1cc(Cl)c2cccc(OCC(F)(F)F)c2n1. The molecule has 0 saturated heterocycles. The first-order valence-corrected chi connectivity index (χ1v) is 5.50. The Morgan fingerprint density at radius 1 is 1.33 bits per heavy atom. The molecule has 96 valence electrons. The number of benzene rings is 1. The van der Waals surface area contributed by atoms with E-state index < -0.39 is 12.8 Å². The van der Waals surface area contributed by atoms with E-state index in [0.717, 1.165) is 0 Å². The first kappa shape index (κ1) is 13.0. The Kier molecular flexibility index (Phi) is 3.34. The minimum atomic E-state index is -4.38. The Morgan fingerprint density at radius 3 is 2.72 bits per heavy atom. The fraction of sp³-hybridized carbons (Fsp3) is 0.250. The van der Waals surface area contributed by atoms with Crippen molar-refractivity contribution in [3.8, 4) is 5.75 Å². The van der Waals surface area contributed by atoms with Crippen LogP contribution in [0.3, 0.4) is 0 Å². The van der Waals surface area contributed by atoms with Crippen LogP contribution < -0.4 is 4.74 Å². The standard InChI is InChI=1S/C12H9ClF3NO/c1-7-5-9(13)8-3-2-4-10(11(8)17-7)18-6-12(14,15)16/h2-5H,6H2,1H3. The summed E-state index contributed by atoms with van der Waals surface area (Å²) in [4.78, 5) is 4.16. The molecule has 0 aliphatic rings. The zero-order valence-electron chi connectivity index (χ0n) is 9.38. The fourth-order valence-electron chi connectivity index (χ4n) is 1.58. The van der Waals surface area contributed by atoms with Gasteiger partial charge in [0.1, 0.15) is 11.3 Å². The number of aromatic nitrogens is 1. The predicted molar refractivity (Wildman–Crippen MR) is 63.0 cm³/mol. The van der Waals surface area contributed by atoms with Crippen molar-refractivity contribution in [2.75, 3.05) is 6.61 Å². The van der Waals surface area contributed by atoms with Gasteiger partial charge in [-0.1, -0.05) is 23.7 Å². The average Bonchev–Trinajstić information content (AvgIpc) is 2.25. The number of nitrogens with zero attached hydrogens (tertiary/aromatic N) is 1. The second-order valence-electron chi connectivity index (χ2n) is 3.80. The maximum absolute atomic E-state index is 12.1. The lowest BCUT2D eigenvalue weighted by atomic mass is 10.2. The van der Waals surface area contributed by atoms with Crippen molar-refractivity contribution in [3.63, 3.8) is 0 Å². The van der Waals surface area contributed by atoms with Crippen molar-refractivity contribution in [2.45, 2.75) is 13.1 Å². The molecule has 2 nitrogen and oxygen atoms in total. The highest BCUT2D eigenvalue weighted by molar-refractivity contribution is 6.35. The van der Waals surface area contributed by atoms with E-state index in [1.807, 2.05) is 0 Å². The van der Waals surface area contributed by atoms with Crippen LogP contribution in [0, 0.1) is 6.92 Å². The highest BCUT2D eigenvalue weighted by atomic mass is 35.5. The third-order valence-corrected chi connectivity index (χ3v) is 2.58. The Bertz CT molecular complexity index is 583. The summed E-state index contributed by atoms with van der Waals surface area (Å²) in [5, 5.41) is 1.01. The van der Waals surface area contributed by atoms with Gasteiger partial charge in [0, 0.05) is 11.1 Å². The van der Waals surface area contributed by atoms with E-state index in [0.29, 0.717) is 21.6 Å². The summed E-state index contributed by atoms with van der Waals surface area (Å²) >= 11 is 6.01. The maximum atomic E-state index is 12.1. The molecule has 0 spiro atoms. The van der Waals surface area contributed by atoms with Crippen molar-refractivity contribution in [3.05, 3.63) is 35.0 Å². The minimum Gasteiger partial charge on any atom is -0.482 e. The number of fused-ring (bicyclic) bond motifs is 1. The molecule has 0 N–H and O–H groups in total. The number of rotatable bonds is 2. The van der Waals surface area contributed by atoms with Crippen molar-refractivity contribution in [2.24, 2.45) is 0 Å². The largest absolute Gasteiger partial charge is 0.482 e. The number of hydrogen-bond acceptors (Lipinski definition) is 2. The van der Waals surface area contributed by atoms with Crippen LogP contribution in [0.15, 0.2) is 24.3 Å². The summed E-state index contributed by atoms with van der Waals surface area (Å²) in [6.45, 7) is 0.366. The molecule has 2 aromatic rings. The monoisotopic (exact) mass is 275 g/mol. The molecule has 0 fully saturated rings. The molecular weight excluding hydrogens is 267 g/mol. The quantitative estimate of drug-likeness (QED) is 0.822. The lowest BCUT2D eigenvalue weighted by Gasteiger charge is -2.11. The maximum Gasteiger partial charge on any atom is 0.422 e. The molecule has 0 bridgehead atoms.